The van der Waals surface area contributed by atoms with Crippen molar-refractivity contribution in [2.75, 3.05) is 12.4 Å². The number of ether oxygens (including phenoxy) is 1. The summed E-state index contributed by atoms with van der Waals surface area (Å²) in [6.45, 7) is 0. The fraction of sp³-hybridized carbons (Fsp3) is 0.0625. The molecule has 0 aliphatic rings. The molecule has 0 spiro atoms. The highest BCUT2D eigenvalue weighted by molar-refractivity contribution is 6.05. The third-order valence-corrected chi connectivity index (χ3v) is 3.35. The summed E-state index contributed by atoms with van der Waals surface area (Å²) in [5.41, 5.74) is -0.227. The largest absolute Gasteiger partial charge is 0.493 e. The summed E-state index contributed by atoms with van der Waals surface area (Å²) in [5.74, 6) is -1.12. The maximum Gasteiger partial charge on any atom is 0.306 e. The number of methoxy groups -OCH3 is 1. The maximum absolute atomic E-state index is 13.3. The van der Waals surface area contributed by atoms with Gasteiger partial charge in [0.2, 0.25) is 5.82 Å². The second kappa shape index (κ2) is 5.99. The van der Waals surface area contributed by atoms with Crippen LogP contribution >= 0.6 is 0 Å². The SMILES string of the molecule is COc1cccc2cc(C(=O)Nc3ccc(F)c([N+](=O)[O-])c3)oc12. The molecule has 0 saturated heterocycles. The summed E-state index contributed by atoms with van der Waals surface area (Å²) in [4.78, 5) is 22.1. The van der Waals surface area contributed by atoms with Crippen molar-refractivity contribution in [2.45, 2.75) is 0 Å². The molecule has 24 heavy (non-hydrogen) atoms. The Morgan fingerprint density at radius 3 is 2.79 bits per heavy atom. The first-order valence-electron chi connectivity index (χ1n) is 6.81. The van der Waals surface area contributed by atoms with Crippen LogP contribution in [0.25, 0.3) is 11.0 Å². The first-order chi connectivity index (χ1) is 11.5. The van der Waals surface area contributed by atoms with E-state index in [4.69, 9.17) is 9.15 Å². The van der Waals surface area contributed by atoms with Crippen LogP contribution < -0.4 is 10.1 Å². The van der Waals surface area contributed by atoms with Crippen molar-refractivity contribution in [1.29, 1.82) is 0 Å². The van der Waals surface area contributed by atoms with E-state index in [9.17, 15) is 19.3 Å². The van der Waals surface area contributed by atoms with Crippen molar-refractivity contribution >= 4 is 28.3 Å². The summed E-state index contributed by atoms with van der Waals surface area (Å²) in [6, 6.07) is 9.79. The fourth-order valence-corrected chi connectivity index (χ4v) is 2.23. The zero-order chi connectivity index (χ0) is 17.3. The molecule has 0 atom stereocenters. The summed E-state index contributed by atoms with van der Waals surface area (Å²) in [5, 5.41) is 13.8. The standard InChI is InChI=1S/C16H11FN2O5/c1-23-13-4-2-3-9-7-14(24-15(9)13)16(20)18-10-5-6-11(17)12(8-10)19(21)22/h2-8H,1H3,(H,18,20). The van der Waals surface area contributed by atoms with E-state index in [-0.39, 0.29) is 11.4 Å². The predicted octanol–water partition coefficient (Wildman–Crippen LogP) is 3.74. The first-order valence-corrected chi connectivity index (χ1v) is 6.81. The highest BCUT2D eigenvalue weighted by Gasteiger charge is 2.18. The second-order valence-corrected chi connectivity index (χ2v) is 4.87. The summed E-state index contributed by atoms with van der Waals surface area (Å²) < 4.78 is 23.9. The highest BCUT2D eigenvalue weighted by Crippen LogP contribution is 2.29. The van der Waals surface area contributed by atoms with Gasteiger partial charge in [-0.2, -0.15) is 4.39 Å². The average Bonchev–Trinajstić information content (AvgIpc) is 3.00. The van der Waals surface area contributed by atoms with Gasteiger partial charge in [-0.1, -0.05) is 12.1 Å². The predicted molar refractivity (Wildman–Crippen MR) is 83.8 cm³/mol. The fourth-order valence-electron chi connectivity index (χ4n) is 2.23. The molecule has 122 valence electrons. The molecule has 0 radical (unpaired) electrons. The number of para-hydroxylation sites is 1. The molecule has 2 aromatic carbocycles. The molecular formula is C16H11FN2O5. The molecule has 1 heterocycles. The molecule has 0 aliphatic heterocycles. The zero-order valence-corrected chi connectivity index (χ0v) is 12.4. The lowest BCUT2D eigenvalue weighted by atomic mass is 10.2. The van der Waals surface area contributed by atoms with Crippen LogP contribution in [0.1, 0.15) is 10.6 Å². The molecule has 0 saturated carbocycles. The smallest absolute Gasteiger partial charge is 0.306 e. The minimum atomic E-state index is -0.980. The van der Waals surface area contributed by atoms with E-state index in [1.807, 2.05) is 0 Å². The number of nitro benzene ring substituents is 1. The molecule has 8 heteroatoms. The van der Waals surface area contributed by atoms with Gasteiger partial charge in [0.05, 0.1) is 12.0 Å². The van der Waals surface area contributed by atoms with Crippen molar-refractivity contribution < 1.29 is 23.3 Å². The monoisotopic (exact) mass is 330 g/mol. The number of nitro groups is 1. The van der Waals surface area contributed by atoms with Gasteiger partial charge >= 0.3 is 5.69 Å². The average molecular weight is 330 g/mol. The topological polar surface area (TPSA) is 94.6 Å². The number of carbonyl (C=O) groups is 1. The molecule has 0 aliphatic carbocycles. The Morgan fingerprint density at radius 1 is 1.29 bits per heavy atom. The number of carbonyl (C=O) groups excluding carboxylic acids is 1. The van der Waals surface area contributed by atoms with Crippen LogP contribution in [0.3, 0.4) is 0 Å². The van der Waals surface area contributed by atoms with Crippen molar-refractivity contribution in [3.05, 3.63) is 64.2 Å². The number of furan rings is 1. The zero-order valence-electron chi connectivity index (χ0n) is 12.4. The van der Waals surface area contributed by atoms with E-state index in [1.165, 1.54) is 19.2 Å². The normalized spacial score (nSPS) is 10.6. The van der Waals surface area contributed by atoms with E-state index in [0.717, 1.165) is 12.1 Å². The van der Waals surface area contributed by atoms with Crippen LogP contribution in [-0.4, -0.2) is 17.9 Å². The quantitative estimate of drug-likeness (QED) is 0.581. The van der Waals surface area contributed by atoms with Crippen LogP contribution in [0.5, 0.6) is 5.75 Å². The van der Waals surface area contributed by atoms with Crippen LogP contribution in [0.4, 0.5) is 15.8 Å². The minimum absolute atomic E-state index is 0.00137. The van der Waals surface area contributed by atoms with Crippen LogP contribution in [0, 0.1) is 15.9 Å². The van der Waals surface area contributed by atoms with E-state index in [1.54, 1.807) is 18.2 Å². The van der Waals surface area contributed by atoms with Gasteiger partial charge < -0.3 is 14.5 Å². The van der Waals surface area contributed by atoms with Crippen LogP contribution in [-0.2, 0) is 0 Å². The van der Waals surface area contributed by atoms with Gasteiger partial charge in [-0.25, -0.2) is 0 Å². The lowest BCUT2D eigenvalue weighted by molar-refractivity contribution is -0.387. The molecule has 0 fully saturated rings. The molecule has 3 aromatic rings. The number of nitrogens with one attached hydrogen (secondary N) is 1. The number of anilines is 1. The molecule has 1 amide bonds. The number of benzene rings is 2. The number of halogens is 1. The van der Waals surface area contributed by atoms with Gasteiger partial charge in [-0.3, -0.25) is 14.9 Å². The maximum atomic E-state index is 13.3. The summed E-state index contributed by atoms with van der Waals surface area (Å²) >= 11 is 0. The van der Waals surface area contributed by atoms with Gasteiger partial charge in [0.1, 0.15) is 0 Å². The lowest BCUT2D eigenvalue weighted by Crippen LogP contribution is -2.11. The summed E-state index contributed by atoms with van der Waals surface area (Å²) in [6.07, 6.45) is 0. The van der Waals surface area contributed by atoms with Gasteiger partial charge in [0.15, 0.2) is 17.1 Å². The Hall–Kier alpha value is -3.42. The Morgan fingerprint density at radius 2 is 2.08 bits per heavy atom. The molecule has 0 unspecified atom stereocenters. The number of hydrogen-bond acceptors (Lipinski definition) is 5. The van der Waals surface area contributed by atoms with E-state index < -0.39 is 22.3 Å². The van der Waals surface area contributed by atoms with Crippen molar-refractivity contribution in [1.82, 2.24) is 0 Å². The van der Waals surface area contributed by atoms with Crippen molar-refractivity contribution in [3.63, 3.8) is 0 Å². The Labute approximate surface area is 134 Å². The Kier molecular flexibility index (Phi) is 3.87. The van der Waals surface area contributed by atoms with Gasteiger partial charge in [-0.15, -0.1) is 0 Å². The number of fused-ring (bicyclic) bond motifs is 1. The Balaban J connectivity index is 1.90. The molecule has 7 nitrogen and oxygen atoms in total. The van der Waals surface area contributed by atoms with E-state index in [0.29, 0.717) is 16.7 Å². The molecular weight excluding hydrogens is 319 g/mol. The number of nitrogens with zero attached hydrogens (tertiary/aromatic N) is 1. The number of amides is 1. The number of hydrogen-bond donors (Lipinski definition) is 1. The Bertz CT molecular complexity index is 951. The van der Waals surface area contributed by atoms with Gasteiger partial charge in [0.25, 0.3) is 5.91 Å². The van der Waals surface area contributed by atoms with Gasteiger partial charge in [-0.05, 0) is 24.3 Å². The van der Waals surface area contributed by atoms with E-state index in [2.05, 4.69) is 5.32 Å². The molecule has 1 aromatic heterocycles. The van der Waals surface area contributed by atoms with Crippen LogP contribution in [0.2, 0.25) is 0 Å². The van der Waals surface area contributed by atoms with E-state index >= 15 is 0 Å². The van der Waals surface area contributed by atoms with Crippen molar-refractivity contribution in [2.24, 2.45) is 0 Å². The molecule has 0 bridgehead atoms. The third-order valence-electron chi connectivity index (χ3n) is 3.35. The second-order valence-electron chi connectivity index (χ2n) is 4.87. The highest BCUT2D eigenvalue weighted by atomic mass is 19.1. The van der Waals surface area contributed by atoms with Crippen LogP contribution in [0.15, 0.2) is 46.9 Å². The number of rotatable bonds is 4. The first kappa shape index (κ1) is 15.5. The summed E-state index contributed by atoms with van der Waals surface area (Å²) in [7, 11) is 1.48. The van der Waals surface area contributed by atoms with Gasteiger partial charge in [0, 0.05) is 17.1 Å². The lowest BCUT2D eigenvalue weighted by Gasteiger charge is -2.03. The van der Waals surface area contributed by atoms with Crippen molar-refractivity contribution in [3.8, 4) is 5.75 Å². The third kappa shape index (κ3) is 2.76. The molecule has 3 rings (SSSR count). The minimum Gasteiger partial charge on any atom is -0.493 e. The molecule has 1 N–H and O–H groups in total.